The van der Waals surface area contributed by atoms with Crippen LogP contribution in [0.2, 0.25) is 0 Å². The van der Waals surface area contributed by atoms with Crippen LogP contribution in [0.15, 0.2) is 24.3 Å². The molecule has 0 N–H and O–H groups in total. The van der Waals surface area contributed by atoms with Gasteiger partial charge in [-0.05, 0) is 12.1 Å². The van der Waals surface area contributed by atoms with Crippen LogP contribution in [0.1, 0.15) is 34.1 Å². The van der Waals surface area contributed by atoms with Crippen molar-refractivity contribution >= 4 is 28.1 Å². The van der Waals surface area contributed by atoms with E-state index < -0.39 is 11.8 Å². The van der Waals surface area contributed by atoms with E-state index in [4.69, 9.17) is 4.84 Å². The molecular formula is C11H9NO4S. The average Bonchev–Trinajstić information content (AvgIpc) is 2.61. The number of rotatable bonds is 2. The Bertz CT molecular complexity index is 513. The number of nitrogens with zero attached hydrogens (tertiary/aromatic N) is 1. The van der Waals surface area contributed by atoms with Crippen molar-refractivity contribution in [2.75, 3.05) is 0 Å². The van der Waals surface area contributed by atoms with Crippen LogP contribution in [0.3, 0.4) is 0 Å². The topological polar surface area (TPSA) is 63.7 Å². The summed E-state index contributed by atoms with van der Waals surface area (Å²) in [7, 11) is 0. The number of benzene rings is 1. The summed E-state index contributed by atoms with van der Waals surface area (Å²) in [5.74, 6) is -1.07. The molecule has 1 heterocycles. The number of hydrogen-bond donors (Lipinski definition) is 0. The third-order valence-electron chi connectivity index (χ3n) is 2.33. The van der Waals surface area contributed by atoms with Crippen molar-refractivity contribution in [3.63, 3.8) is 0 Å². The van der Waals surface area contributed by atoms with Gasteiger partial charge in [0.15, 0.2) is 5.05 Å². The van der Waals surface area contributed by atoms with Crippen LogP contribution in [-0.4, -0.2) is 26.1 Å². The first-order valence-electron chi connectivity index (χ1n) is 5.00. The molecule has 0 unspecified atom stereocenters. The number of imide groups is 1. The molecule has 88 valence electrons. The quantitative estimate of drug-likeness (QED) is 0.580. The summed E-state index contributed by atoms with van der Waals surface area (Å²) in [4.78, 5) is 28.7. The summed E-state index contributed by atoms with van der Waals surface area (Å²) >= 11 is 0.138. The van der Waals surface area contributed by atoms with E-state index in [0.29, 0.717) is 22.6 Å². The van der Waals surface area contributed by atoms with Crippen molar-refractivity contribution in [3.8, 4) is 0 Å². The molecule has 1 aliphatic heterocycles. The van der Waals surface area contributed by atoms with Crippen molar-refractivity contribution in [1.29, 1.82) is 0 Å². The van der Waals surface area contributed by atoms with Crippen LogP contribution in [-0.2, 0) is 16.1 Å². The number of fused-ring (bicyclic) bond motifs is 1. The van der Waals surface area contributed by atoms with Gasteiger partial charge in [-0.1, -0.05) is 19.1 Å². The van der Waals surface area contributed by atoms with Crippen LogP contribution in [0.4, 0.5) is 0 Å². The number of amides is 2. The lowest BCUT2D eigenvalue weighted by atomic mass is 10.1. The highest BCUT2D eigenvalue weighted by Gasteiger charge is 2.37. The second-order valence-electron chi connectivity index (χ2n) is 3.35. The van der Waals surface area contributed by atoms with Crippen molar-refractivity contribution in [1.82, 2.24) is 5.06 Å². The molecule has 0 saturated heterocycles. The maximum absolute atomic E-state index is 11.8. The largest absolute Gasteiger partial charge is 0.286 e. The fourth-order valence-electron chi connectivity index (χ4n) is 1.49. The molecule has 2 amide bonds. The molecule has 17 heavy (non-hydrogen) atoms. The van der Waals surface area contributed by atoms with Crippen molar-refractivity contribution in [2.45, 2.75) is 13.3 Å². The fourth-order valence-corrected chi connectivity index (χ4v) is 1.71. The van der Waals surface area contributed by atoms with E-state index in [1.165, 1.54) is 0 Å². The lowest BCUT2D eigenvalue weighted by Crippen LogP contribution is -2.32. The predicted molar refractivity (Wildman–Crippen MR) is 61.5 cm³/mol. The van der Waals surface area contributed by atoms with E-state index in [2.05, 4.69) is 0 Å². The monoisotopic (exact) mass is 251 g/mol. The van der Waals surface area contributed by atoms with Crippen LogP contribution in [0.25, 0.3) is 0 Å². The minimum Gasteiger partial charge on any atom is -0.266 e. The zero-order chi connectivity index (χ0) is 12.4. The minimum absolute atomic E-state index is 0.0829. The molecule has 1 aromatic carbocycles. The van der Waals surface area contributed by atoms with E-state index in [9.17, 15) is 13.8 Å². The zero-order valence-electron chi connectivity index (χ0n) is 9.00. The first-order chi connectivity index (χ1) is 8.19. The molecule has 0 radical (unpaired) electrons. The Morgan fingerprint density at radius 3 is 2.18 bits per heavy atom. The zero-order valence-corrected chi connectivity index (χ0v) is 9.82. The third-order valence-corrected chi connectivity index (χ3v) is 2.88. The number of carbonyl (C=O) groups excluding carboxylic acids is 2. The fraction of sp³-hybridized carbons (Fsp3) is 0.182. The highest BCUT2D eigenvalue weighted by atomic mass is 32.1. The van der Waals surface area contributed by atoms with E-state index in [-0.39, 0.29) is 16.3 Å². The Balaban J connectivity index is 2.34. The van der Waals surface area contributed by atoms with Gasteiger partial charge < -0.3 is 0 Å². The molecule has 5 nitrogen and oxygen atoms in total. The average molecular weight is 251 g/mol. The van der Waals surface area contributed by atoms with Gasteiger partial charge in [0.2, 0.25) is 0 Å². The molecule has 0 bridgehead atoms. The van der Waals surface area contributed by atoms with Crippen LogP contribution >= 0.6 is 0 Å². The van der Waals surface area contributed by atoms with Gasteiger partial charge in [-0.15, -0.1) is 5.06 Å². The standard InChI is InChI=1S/C11H9NO4S/c1-2-9(17-15)16-12-10(13)7-5-3-4-6-8(7)11(12)14/h3-6H,2H2,1H3. The Kier molecular flexibility index (Phi) is 3.16. The lowest BCUT2D eigenvalue weighted by molar-refractivity contribution is -0.0216. The van der Waals surface area contributed by atoms with Gasteiger partial charge in [-0.25, -0.2) is 9.05 Å². The SMILES string of the molecule is CCC(ON1C(=O)c2ccccc2C1=O)=S=O. The lowest BCUT2D eigenvalue weighted by Gasteiger charge is -2.11. The van der Waals surface area contributed by atoms with Gasteiger partial charge in [-0.2, -0.15) is 0 Å². The van der Waals surface area contributed by atoms with Crippen LogP contribution < -0.4 is 0 Å². The predicted octanol–water partition coefficient (Wildman–Crippen LogP) is 0.967. The van der Waals surface area contributed by atoms with Gasteiger partial charge in [0.1, 0.15) is 11.3 Å². The van der Waals surface area contributed by atoms with Crippen molar-refractivity contribution in [2.24, 2.45) is 0 Å². The van der Waals surface area contributed by atoms with Crippen molar-refractivity contribution < 1.29 is 18.6 Å². The normalized spacial score (nSPS) is 13.8. The molecule has 0 spiro atoms. The Morgan fingerprint density at radius 2 is 1.76 bits per heavy atom. The number of hydrogen-bond acceptors (Lipinski definition) is 4. The summed E-state index contributed by atoms with van der Waals surface area (Å²) in [5, 5.41) is 0.716. The van der Waals surface area contributed by atoms with Gasteiger partial charge in [0, 0.05) is 6.42 Å². The Labute approximate surface area is 101 Å². The maximum atomic E-state index is 11.8. The summed E-state index contributed by atoms with van der Waals surface area (Å²) in [6.45, 7) is 1.71. The summed E-state index contributed by atoms with van der Waals surface area (Å²) < 4.78 is 10.6. The molecule has 0 aromatic heterocycles. The third kappa shape index (κ3) is 1.92. The van der Waals surface area contributed by atoms with E-state index in [1.54, 1.807) is 31.2 Å². The Morgan fingerprint density at radius 1 is 1.24 bits per heavy atom. The van der Waals surface area contributed by atoms with Crippen molar-refractivity contribution in [3.05, 3.63) is 35.4 Å². The second kappa shape index (κ2) is 4.60. The first-order valence-corrected chi connectivity index (χ1v) is 5.74. The van der Waals surface area contributed by atoms with E-state index >= 15 is 0 Å². The van der Waals surface area contributed by atoms with Crippen LogP contribution in [0, 0.1) is 0 Å². The summed E-state index contributed by atoms with van der Waals surface area (Å²) in [6.07, 6.45) is 0.335. The maximum Gasteiger partial charge on any atom is 0.286 e. The molecule has 0 aliphatic carbocycles. The molecule has 1 aromatic rings. The van der Waals surface area contributed by atoms with Gasteiger partial charge >= 0.3 is 0 Å². The highest BCUT2D eigenvalue weighted by Crippen LogP contribution is 2.22. The molecule has 1 aliphatic rings. The van der Waals surface area contributed by atoms with Gasteiger partial charge in [0.05, 0.1) is 11.1 Å². The summed E-state index contributed by atoms with van der Waals surface area (Å²) in [5.41, 5.74) is 0.590. The molecule has 0 atom stereocenters. The number of hydroxylamine groups is 2. The first kappa shape index (κ1) is 11.7. The number of carbonyl (C=O) groups is 2. The molecular weight excluding hydrogens is 242 g/mol. The van der Waals surface area contributed by atoms with Crippen LogP contribution in [0.5, 0.6) is 0 Å². The highest BCUT2D eigenvalue weighted by molar-refractivity contribution is 7.66. The van der Waals surface area contributed by atoms with Gasteiger partial charge in [0.25, 0.3) is 11.8 Å². The minimum atomic E-state index is -0.536. The molecule has 0 saturated carbocycles. The smallest absolute Gasteiger partial charge is 0.266 e. The molecule has 0 fully saturated rings. The summed E-state index contributed by atoms with van der Waals surface area (Å²) in [6, 6.07) is 6.43. The molecule has 6 heteroatoms. The van der Waals surface area contributed by atoms with Gasteiger partial charge in [-0.3, -0.25) is 9.59 Å². The van der Waals surface area contributed by atoms with E-state index in [1.807, 2.05) is 0 Å². The molecule has 2 rings (SSSR count). The van der Waals surface area contributed by atoms with E-state index in [0.717, 1.165) is 0 Å². The second-order valence-corrected chi connectivity index (χ2v) is 3.97. The Hall–Kier alpha value is -1.79.